The highest BCUT2D eigenvalue weighted by atomic mass is 16.5. The van der Waals surface area contributed by atoms with Gasteiger partial charge in [-0.1, -0.05) is 6.92 Å². The van der Waals surface area contributed by atoms with Gasteiger partial charge in [-0.2, -0.15) is 5.10 Å². The SMILES string of the molecule is COC(=O)CC(=O)[C@@H](C)Cn1nccc1C. The van der Waals surface area contributed by atoms with Crippen LogP contribution in [0.5, 0.6) is 0 Å². The molecular weight excluding hydrogens is 208 g/mol. The maximum Gasteiger partial charge on any atom is 0.313 e. The lowest BCUT2D eigenvalue weighted by molar-refractivity contribution is -0.144. The first kappa shape index (κ1) is 12.4. The average Bonchev–Trinajstić information content (AvgIpc) is 2.64. The predicted octanol–water partition coefficient (Wildman–Crippen LogP) is 0.960. The second-order valence-corrected chi connectivity index (χ2v) is 3.77. The van der Waals surface area contributed by atoms with Gasteiger partial charge in [0.2, 0.25) is 0 Å². The Morgan fingerprint density at radius 3 is 2.75 bits per heavy atom. The van der Waals surface area contributed by atoms with Gasteiger partial charge < -0.3 is 4.74 Å². The molecule has 0 N–H and O–H groups in total. The fourth-order valence-corrected chi connectivity index (χ4v) is 1.34. The Kier molecular flexibility index (Phi) is 4.22. The van der Waals surface area contributed by atoms with Crippen LogP contribution < -0.4 is 0 Å². The van der Waals surface area contributed by atoms with Gasteiger partial charge in [-0.25, -0.2) is 0 Å². The molecule has 0 bridgehead atoms. The first-order valence-electron chi connectivity index (χ1n) is 5.12. The van der Waals surface area contributed by atoms with Gasteiger partial charge in [0.25, 0.3) is 0 Å². The fourth-order valence-electron chi connectivity index (χ4n) is 1.34. The van der Waals surface area contributed by atoms with E-state index in [4.69, 9.17) is 0 Å². The highest BCUT2D eigenvalue weighted by Gasteiger charge is 2.18. The fraction of sp³-hybridized carbons (Fsp3) is 0.545. The smallest absolute Gasteiger partial charge is 0.313 e. The molecule has 0 saturated carbocycles. The molecule has 0 amide bonds. The molecule has 0 radical (unpaired) electrons. The van der Waals surface area contributed by atoms with Gasteiger partial charge in [0.15, 0.2) is 0 Å². The van der Waals surface area contributed by atoms with E-state index >= 15 is 0 Å². The minimum Gasteiger partial charge on any atom is -0.469 e. The van der Waals surface area contributed by atoms with Crippen LogP contribution in [-0.2, 0) is 20.9 Å². The van der Waals surface area contributed by atoms with Crippen molar-refractivity contribution in [3.63, 3.8) is 0 Å². The molecule has 0 fully saturated rings. The summed E-state index contributed by atoms with van der Waals surface area (Å²) in [5, 5.41) is 4.09. The number of rotatable bonds is 5. The minimum atomic E-state index is -0.492. The van der Waals surface area contributed by atoms with Gasteiger partial charge in [-0.05, 0) is 13.0 Å². The Hall–Kier alpha value is -1.65. The maximum atomic E-state index is 11.6. The number of nitrogens with zero attached hydrogens (tertiary/aromatic N) is 2. The molecule has 1 rings (SSSR count). The van der Waals surface area contributed by atoms with Crippen LogP contribution in [0.3, 0.4) is 0 Å². The van der Waals surface area contributed by atoms with Crippen molar-refractivity contribution in [2.45, 2.75) is 26.8 Å². The number of ether oxygens (including phenoxy) is 1. The van der Waals surface area contributed by atoms with Crippen LogP contribution in [0.2, 0.25) is 0 Å². The molecule has 0 spiro atoms. The molecule has 0 saturated heterocycles. The van der Waals surface area contributed by atoms with Crippen LogP contribution in [-0.4, -0.2) is 28.6 Å². The summed E-state index contributed by atoms with van der Waals surface area (Å²) in [5.74, 6) is -0.853. The van der Waals surface area contributed by atoms with Crippen molar-refractivity contribution in [3.05, 3.63) is 18.0 Å². The number of hydrogen-bond acceptors (Lipinski definition) is 4. The lowest BCUT2D eigenvalue weighted by Crippen LogP contribution is -2.21. The van der Waals surface area contributed by atoms with Crippen molar-refractivity contribution in [2.75, 3.05) is 7.11 Å². The van der Waals surface area contributed by atoms with Gasteiger partial charge in [0.1, 0.15) is 12.2 Å². The van der Waals surface area contributed by atoms with Gasteiger partial charge in [0.05, 0.1) is 13.7 Å². The number of hydrogen-bond donors (Lipinski definition) is 0. The third-order valence-electron chi connectivity index (χ3n) is 2.47. The summed E-state index contributed by atoms with van der Waals surface area (Å²) >= 11 is 0. The van der Waals surface area contributed by atoms with Crippen molar-refractivity contribution in [1.29, 1.82) is 0 Å². The summed E-state index contributed by atoms with van der Waals surface area (Å²) < 4.78 is 6.20. The van der Waals surface area contributed by atoms with E-state index in [1.54, 1.807) is 17.8 Å². The number of ketones is 1. The molecule has 5 nitrogen and oxygen atoms in total. The number of carbonyl (C=O) groups excluding carboxylic acids is 2. The van der Waals surface area contributed by atoms with E-state index in [1.165, 1.54) is 7.11 Å². The average molecular weight is 224 g/mol. The summed E-state index contributed by atoms with van der Waals surface area (Å²) in [7, 11) is 1.28. The van der Waals surface area contributed by atoms with Crippen LogP contribution in [0.15, 0.2) is 12.3 Å². The minimum absolute atomic E-state index is 0.123. The lowest BCUT2D eigenvalue weighted by atomic mass is 10.0. The zero-order chi connectivity index (χ0) is 12.1. The van der Waals surface area contributed by atoms with Crippen molar-refractivity contribution in [2.24, 2.45) is 5.92 Å². The number of aryl methyl sites for hydroxylation is 1. The van der Waals surface area contributed by atoms with Crippen LogP contribution >= 0.6 is 0 Å². The topological polar surface area (TPSA) is 61.2 Å². The van der Waals surface area contributed by atoms with E-state index in [2.05, 4.69) is 9.84 Å². The van der Waals surface area contributed by atoms with E-state index in [-0.39, 0.29) is 18.1 Å². The number of esters is 1. The second-order valence-electron chi connectivity index (χ2n) is 3.77. The molecular formula is C11H16N2O3. The lowest BCUT2D eigenvalue weighted by Gasteiger charge is -2.11. The Morgan fingerprint density at radius 1 is 1.56 bits per heavy atom. The Balaban J connectivity index is 2.52. The van der Waals surface area contributed by atoms with Crippen LogP contribution in [0.4, 0.5) is 0 Å². The van der Waals surface area contributed by atoms with E-state index in [9.17, 15) is 9.59 Å². The summed E-state index contributed by atoms with van der Waals surface area (Å²) in [6.45, 7) is 4.20. The molecule has 1 atom stereocenters. The van der Waals surface area contributed by atoms with Gasteiger partial charge in [-0.3, -0.25) is 14.3 Å². The molecule has 16 heavy (non-hydrogen) atoms. The van der Waals surface area contributed by atoms with Crippen LogP contribution in [0.25, 0.3) is 0 Å². The van der Waals surface area contributed by atoms with Crippen molar-refractivity contribution in [1.82, 2.24) is 9.78 Å². The standard InChI is InChI=1S/C11H16N2O3/c1-8(10(14)6-11(15)16-3)7-13-9(2)4-5-12-13/h4-5,8H,6-7H2,1-3H3/t8-/m0/s1. The van der Waals surface area contributed by atoms with E-state index in [0.29, 0.717) is 6.54 Å². The molecule has 1 aromatic rings. The van der Waals surface area contributed by atoms with Crippen molar-refractivity contribution in [3.8, 4) is 0 Å². The van der Waals surface area contributed by atoms with Gasteiger partial charge >= 0.3 is 5.97 Å². The zero-order valence-corrected chi connectivity index (χ0v) is 9.77. The highest BCUT2D eigenvalue weighted by Crippen LogP contribution is 2.07. The van der Waals surface area contributed by atoms with E-state index < -0.39 is 5.97 Å². The molecule has 88 valence electrons. The van der Waals surface area contributed by atoms with Crippen LogP contribution in [0, 0.1) is 12.8 Å². The molecule has 0 aliphatic heterocycles. The number of Topliss-reactive ketones (excluding diaryl/α,β-unsaturated/α-hetero) is 1. The molecule has 1 heterocycles. The number of methoxy groups -OCH3 is 1. The monoisotopic (exact) mass is 224 g/mol. The maximum absolute atomic E-state index is 11.6. The van der Waals surface area contributed by atoms with Crippen molar-refractivity contribution < 1.29 is 14.3 Å². The number of aromatic nitrogens is 2. The van der Waals surface area contributed by atoms with Gasteiger partial charge in [-0.15, -0.1) is 0 Å². The molecule has 0 aromatic carbocycles. The van der Waals surface area contributed by atoms with Gasteiger partial charge in [0, 0.05) is 17.8 Å². The predicted molar refractivity (Wildman–Crippen MR) is 57.8 cm³/mol. The summed E-state index contributed by atoms with van der Waals surface area (Å²) in [5.41, 5.74) is 0.998. The molecule has 0 unspecified atom stereocenters. The third-order valence-corrected chi connectivity index (χ3v) is 2.47. The highest BCUT2D eigenvalue weighted by molar-refractivity contribution is 5.96. The van der Waals surface area contributed by atoms with E-state index in [1.807, 2.05) is 13.0 Å². The summed E-state index contributed by atoms with van der Waals surface area (Å²) in [6, 6.07) is 1.87. The van der Waals surface area contributed by atoms with Crippen LogP contribution in [0.1, 0.15) is 19.0 Å². The third kappa shape index (κ3) is 3.18. The van der Waals surface area contributed by atoms with Crippen molar-refractivity contribution >= 4 is 11.8 Å². The number of carbonyl (C=O) groups is 2. The summed E-state index contributed by atoms with van der Waals surface area (Å²) in [6.07, 6.45) is 1.52. The second kappa shape index (κ2) is 5.44. The Labute approximate surface area is 94.4 Å². The first-order valence-corrected chi connectivity index (χ1v) is 5.12. The zero-order valence-electron chi connectivity index (χ0n) is 9.77. The molecule has 1 aromatic heterocycles. The Morgan fingerprint density at radius 2 is 2.25 bits per heavy atom. The largest absolute Gasteiger partial charge is 0.469 e. The molecule has 0 aliphatic carbocycles. The van der Waals surface area contributed by atoms with E-state index in [0.717, 1.165) is 5.69 Å². The summed E-state index contributed by atoms with van der Waals surface area (Å²) in [4.78, 5) is 22.5. The Bertz CT molecular complexity index is 384. The normalized spacial score (nSPS) is 12.2. The molecule has 0 aliphatic rings. The quantitative estimate of drug-likeness (QED) is 0.552. The first-order chi connectivity index (χ1) is 7.54. The molecule has 5 heteroatoms.